The molecule has 2 heterocycles. The van der Waals surface area contributed by atoms with Crippen molar-refractivity contribution < 1.29 is 18.0 Å². The monoisotopic (exact) mass is 432 g/mol. The number of benzene rings is 3. The lowest BCUT2D eigenvalue weighted by Gasteiger charge is -2.02. The van der Waals surface area contributed by atoms with Crippen LogP contribution in [-0.2, 0) is 5.75 Å². The molecule has 0 aliphatic heterocycles. The van der Waals surface area contributed by atoms with Gasteiger partial charge in [0.1, 0.15) is 17.1 Å². The molecule has 3 aromatic carbocycles. The highest BCUT2D eigenvalue weighted by molar-refractivity contribution is 7.98. The van der Waals surface area contributed by atoms with Gasteiger partial charge in [-0.2, -0.15) is 0 Å². The lowest BCUT2D eigenvalue weighted by Crippen LogP contribution is -1.82. The Hall–Kier alpha value is -3.58. The van der Waals surface area contributed by atoms with Crippen molar-refractivity contribution in [2.45, 2.75) is 11.0 Å². The molecule has 0 radical (unpaired) electrons. The zero-order valence-corrected chi connectivity index (χ0v) is 17.4. The van der Waals surface area contributed by atoms with Gasteiger partial charge in [-0.1, -0.05) is 36.0 Å². The van der Waals surface area contributed by atoms with Gasteiger partial charge < -0.3 is 13.6 Å². The summed E-state index contributed by atoms with van der Waals surface area (Å²) in [7, 11) is 1.64. The lowest BCUT2D eigenvalue weighted by molar-refractivity contribution is 0.415. The molecule has 154 valence electrons. The third-order valence-corrected chi connectivity index (χ3v) is 5.77. The molecule has 0 saturated heterocycles. The number of nitrogens with zero attached hydrogens (tertiary/aromatic N) is 2. The smallest absolute Gasteiger partial charge is 0.277 e. The van der Waals surface area contributed by atoms with Crippen molar-refractivity contribution in [3.05, 3.63) is 84.4 Å². The fraction of sp³-hybridized carbons (Fsp3) is 0.0833. The molecular weight excluding hydrogens is 415 g/mol. The van der Waals surface area contributed by atoms with Crippen molar-refractivity contribution in [3.8, 4) is 28.3 Å². The molecule has 0 bridgehead atoms. The minimum atomic E-state index is -0.259. The maximum Gasteiger partial charge on any atom is 0.277 e. The highest BCUT2D eigenvalue weighted by atomic mass is 32.2. The van der Waals surface area contributed by atoms with Crippen molar-refractivity contribution in [3.63, 3.8) is 0 Å². The number of hydrogen-bond acceptors (Lipinski definition) is 6. The van der Waals surface area contributed by atoms with Gasteiger partial charge in [-0.25, -0.2) is 4.39 Å². The summed E-state index contributed by atoms with van der Waals surface area (Å²) in [6.45, 7) is 0. The average Bonchev–Trinajstić information content (AvgIpc) is 3.45. The molecule has 5 nitrogen and oxygen atoms in total. The number of thioether (sulfide) groups is 1. The van der Waals surface area contributed by atoms with E-state index in [0.717, 1.165) is 39.0 Å². The van der Waals surface area contributed by atoms with Crippen molar-refractivity contribution in [2.24, 2.45) is 0 Å². The number of fused-ring (bicyclic) bond motifs is 1. The Bertz CT molecular complexity index is 1340. The maximum absolute atomic E-state index is 13.3. The Labute approximate surface area is 181 Å². The predicted molar refractivity (Wildman–Crippen MR) is 117 cm³/mol. The molecule has 0 atom stereocenters. The van der Waals surface area contributed by atoms with Gasteiger partial charge >= 0.3 is 0 Å². The molecular formula is C24H17FN2O3S. The van der Waals surface area contributed by atoms with Crippen LogP contribution < -0.4 is 4.74 Å². The standard InChI is InChI=1S/C24H17FN2O3S/c1-28-19-8-5-16(6-9-19)21-13-29-22-10-7-17(12-20(21)22)23-26-27-24(30-23)31-14-15-3-2-4-18(25)11-15/h2-13H,14H2,1H3. The van der Waals surface area contributed by atoms with E-state index in [1.54, 1.807) is 19.4 Å². The van der Waals surface area contributed by atoms with E-state index in [1.165, 1.54) is 23.9 Å². The van der Waals surface area contributed by atoms with E-state index in [2.05, 4.69) is 10.2 Å². The van der Waals surface area contributed by atoms with Crippen LogP contribution in [0.3, 0.4) is 0 Å². The van der Waals surface area contributed by atoms with Crippen LogP contribution in [0.25, 0.3) is 33.6 Å². The van der Waals surface area contributed by atoms with Gasteiger partial charge in [-0.3, -0.25) is 0 Å². The summed E-state index contributed by atoms with van der Waals surface area (Å²) in [5.41, 5.74) is 4.42. The van der Waals surface area contributed by atoms with Gasteiger partial charge in [-0.15, -0.1) is 10.2 Å². The number of furan rings is 1. The SMILES string of the molecule is COc1ccc(-c2coc3ccc(-c4nnc(SCc5cccc(F)c5)o4)cc23)cc1. The first kappa shape index (κ1) is 19.4. The van der Waals surface area contributed by atoms with E-state index >= 15 is 0 Å². The summed E-state index contributed by atoms with van der Waals surface area (Å²) >= 11 is 1.37. The highest BCUT2D eigenvalue weighted by Crippen LogP contribution is 2.35. The van der Waals surface area contributed by atoms with Crippen LogP contribution in [0, 0.1) is 5.82 Å². The number of ether oxygens (including phenoxy) is 1. The van der Waals surface area contributed by atoms with E-state index in [1.807, 2.05) is 48.5 Å². The Morgan fingerprint density at radius 2 is 1.81 bits per heavy atom. The Kier molecular flexibility index (Phi) is 5.18. The molecule has 0 spiro atoms. The van der Waals surface area contributed by atoms with Crippen LogP contribution in [0.1, 0.15) is 5.56 Å². The molecule has 5 rings (SSSR count). The van der Waals surface area contributed by atoms with Crippen LogP contribution >= 0.6 is 11.8 Å². The van der Waals surface area contributed by atoms with E-state index in [4.69, 9.17) is 13.6 Å². The second-order valence-electron chi connectivity index (χ2n) is 6.88. The van der Waals surface area contributed by atoms with Gasteiger partial charge in [0.2, 0.25) is 5.89 Å². The number of halogens is 1. The second-order valence-corrected chi connectivity index (χ2v) is 7.81. The maximum atomic E-state index is 13.3. The Morgan fingerprint density at radius 1 is 0.968 bits per heavy atom. The molecule has 0 unspecified atom stereocenters. The highest BCUT2D eigenvalue weighted by Gasteiger charge is 2.14. The Balaban J connectivity index is 1.40. The molecule has 2 aromatic heterocycles. The lowest BCUT2D eigenvalue weighted by atomic mass is 10.0. The zero-order chi connectivity index (χ0) is 21.2. The fourth-order valence-corrected chi connectivity index (χ4v) is 4.02. The van der Waals surface area contributed by atoms with E-state index in [-0.39, 0.29) is 5.82 Å². The van der Waals surface area contributed by atoms with Crippen LogP contribution in [0.2, 0.25) is 0 Å². The topological polar surface area (TPSA) is 61.3 Å². The zero-order valence-electron chi connectivity index (χ0n) is 16.5. The summed E-state index contributed by atoms with van der Waals surface area (Å²) < 4.78 is 30.1. The van der Waals surface area contributed by atoms with Crippen molar-refractivity contribution >= 4 is 22.7 Å². The molecule has 0 amide bonds. The number of hydrogen-bond donors (Lipinski definition) is 0. The average molecular weight is 432 g/mol. The second kappa shape index (κ2) is 8.28. The molecule has 0 aliphatic rings. The largest absolute Gasteiger partial charge is 0.497 e. The number of methoxy groups -OCH3 is 1. The predicted octanol–water partition coefficient (Wildman–Crippen LogP) is 6.59. The van der Waals surface area contributed by atoms with Crippen LogP contribution in [0.4, 0.5) is 4.39 Å². The van der Waals surface area contributed by atoms with Crippen molar-refractivity contribution in [2.75, 3.05) is 7.11 Å². The summed E-state index contributed by atoms with van der Waals surface area (Å²) in [6.07, 6.45) is 1.74. The quantitative estimate of drug-likeness (QED) is 0.282. The minimum absolute atomic E-state index is 0.259. The molecule has 5 aromatic rings. The van der Waals surface area contributed by atoms with Crippen LogP contribution in [0.5, 0.6) is 5.75 Å². The van der Waals surface area contributed by atoms with Crippen LogP contribution in [0.15, 0.2) is 87.1 Å². The fourth-order valence-electron chi connectivity index (χ4n) is 3.31. The number of rotatable bonds is 6. The van der Waals surface area contributed by atoms with E-state index in [9.17, 15) is 4.39 Å². The molecule has 7 heteroatoms. The van der Waals surface area contributed by atoms with E-state index in [0.29, 0.717) is 16.9 Å². The normalized spacial score (nSPS) is 11.2. The summed E-state index contributed by atoms with van der Waals surface area (Å²) in [6, 6.07) is 20.0. The van der Waals surface area contributed by atoms with Crippen molar-refractivity contribution in [1.29, 1.82) is 0 Å². The summed E-state index contributed by atoms with van der Waals surface area (Å²) in [4.78, 5) is 0. The van der Waals surface area contributed by atoms with Crippen LogP contribution in [-0.4, -0.2) is 17.3 Å². The Morgan fingerprint density at radius 3 is 2.61 bits per heavy atom. The third kappa shape index (κ3) is 4.04. The van der Waals surface area contributed by atoms with Gasteiger partial charge in [0, 0.05) is 22.3 Å². The molecule has 0 N–H and O–H groups in total. The molecule has 31 heavy (non-hydrogen) atoms. The van der Waals surface area contributed by atoms with Crippen molar-refractivity contribution in [1.82, 2.24) is 10.2 Å². The van der Waals surface area contributed by atoms with Gasteiger partial charge in [0.05, 0.1) is 13.4 Å². The first-order valence-corrected chi connectivity index (χ1v) is 10.5. The molecule has 0 aliphatic carbocycles. The minimum Gasteiger partial charge on any atom is -0.497 e. The van der Waals surface area contributed by atoms with Gasteiger partial charge in [-0.05, 0) is 53.6 Å². The van der Waals surface area contributed by atoms with Gasteiger partial charge in [0.25, 0.3) is 5.22 Å². The summed E-state index contributed by atoms with van der Waals surface area (Å²) in [5.74, 6) is 1.50. The molecule has 0 saturated carbocycles. The first-order chi connectivity index (χ1) is 15.2. The third-order valence-electron chi connectivity index (χ3n) is 4.88. The van der Waals surface area contributed by atoms with E-state index < -0.39 is 0 Å². The number of aromatic nitrogens is 2. The first-order valence-electron chi connectivity index (χ1n) is 9.56. The summed E-state index contributed by atoms with van der Waals surface area (Å²) in [5, 5.41) is 9.67. The van der Waals surface area contributed by atoms with Gasteiger partial charge in [0.15, 0.2) is 0 Å². The molecule has 0 fully saturated rings.